The molecule has 1 amide bonds. The van der Waals surface area contributed by atoms with Gasteiger partial charge in [-0.2, -0.15) is 5.10 Å². The molecule has 2 rings (SSSR count). The van der Waals surface area contributed by atoms with Gasteiger partial charge in [-0.15, -0.1) is 0 Å². The van der Waals surface area contributed by atoms with Gasteiger partial charge in [0.05, 0.1) is 10.5 Å². The third-order valence-electron chi connectivity index (χ3n) is 4.16. The molecule has 158 valence electrons. The van der Waals surface area contributed by atoms with Crippen molar-refractivity contribution in [3.8, 4) is 0 Å². The number of hydrogen-bond donors (Lipinski definition) is 4. The number of unbranched alkanes of at least 4 members (excludes halogenated alkanes) is 2. The zero-order chi connectivity index (χ0) is 21.8. The lowest BCUT2D eigenvalue weighted by molar-refractivity contribution is -0.385. The maximum absolute atomic E-state index is 11.4. The number of nitro groups is 1. The van der Waals surface area contributed by atoms with Gasteiger partial charge in [-0.3, -0.25) is 25.5 Å². The molecular weight excluding hydrogens is 406 g/mol. The average Bonchev–Trinajstić information content (AvgIpc) is 2.77. The van der Waals surface area contributed by atoms with Gasteiger partial charge in [0.25, 0.3) is 5.69 Å². The number of amides is 1. The van der Waals surface area contributed by atoms with Crippen LogP contribution in [0.4, 0.5) is 5.69 Å². The van der Waals surface area contributed by atoms with E-state index in [4.69, 9.17) is 17.4 Å². The van der Waals surface area contributed by atoms with E-state index in [1.807, 2.05) is 30.3 Å². The summed E-state index contributed by atoms with van der Waals surface area (Å²) in [4.78, 5) is 21.9. The molecule has 0 aliphatic carbocycles. The highest BCUT2D eigenvalue weighted by Crippen LogP contribution is 2.21. The molecule has 0 unspecified atom stereocenters. The first-order valence-electron chi connectivity index (χ1n) is 9.36. The number of carbonyl (C=O) groups is 1. The first kappa shape index (κ1) is 22.9. The fraction of sp³-hybridized carbons (Fsp3) is 0.250. The minimum Gasteiger partial charge on any atom is -0.361 e. The Morgan fingerprint density at radius 3 is 2.47 bits per heavy atom. The monoisotopic (exact) mass is 429 g/mol. The molecule has 0 heterocycles. The van der Waals surface area contributed by atoms with E-state index in [1.54, 1.807) is 23.7 Å². The molecule has 0 aromatic heterocycles. The van der Waals surface area contributed by atoms with Crippen LogP contribution in [0.2, 0.25) is 0 Å². The fourth-order valence-electron chi connectivity index (χ4n) is 2.70. The number of hydrazone groups is 1. The first-order chi connectivity index (χ1) is 14.5. The number of hydrogen-bond acceptors (Lipinski definition) is 6. The minimum atomic E-state index is -0.443. The highest BCUT2D eigenvalue weighted by molar-refractivity contribution is 7.80. The molecule has 0 fully saturated rings. The first-order valence-corrected chi connectivity index (χ1v) is 9.77. The Morgan fingerprint density at radius 2 is 1.77 bits per heavy atom. The summed E-state index contributed by atoms with van der Waals surface area (Å²) in [5.74, 6) is -0.405. The van der Waals surface area contributed by atoms with Crippen LogP contribution in [-0.2, 0) is 4.79 Å². The molecule has 2 aromatic rings. The number of hydroxylamine groups is 1. The van der Waals surface area contributed by atoms with Crippen molar-refractivity contribution in [2.45, 2.75) is 25.7 Å². The molecule has 0 spiro atoms. The Labute approximate surface area is 179 Å². The van der Waals surface area contributed by atoms with Gasteiger partial charge in [-0.25, -0.2) is 5.48 Å². The van der Waals surface area contributed by atoms with Crippen LogP contribution >= 0.6 is 12.2 Å². The molecule has 2 aromatic carbocycles. The molecule has 0 atom stereocenters. The molecule has 0 aliphatic heterocycles. The molecule has 9 nitrogen and oxygen atoms in total. The Kier molecular flexibility index (Phi) is 9.35. The number of nitrogens with one attached hydrogen (secondary N) is 3. The third kappa shape index (κ3) is 7.22. The van der Waals surface area contributed by atoms with Gasteiger partial charge in [0.1, 0.15) is 5.71 Å². The number of benzene rings is 2. The summed E-state index contributed by atoms with van der Waals surface area (Å²) in [6.07, 6.45) is 2.49. The maximum atomic E-state index is 11.4. The summed E-state index contributed by atoms with van der Waals surface area (Å²) >= 11 is 5.23. The van der Waals surface area contributed by atoms with Gasteiger partial charge in [-0.05, 0) is 31.1 Å². The second kappa shape index (κ2) is 12.2. The van der Waals surface area contributed by atoms with E-state index in [0.717, 1.165) is 12.8 Å². The predicted octanol–water partition coefficient (Wildman–Crippen LogP) is 2.88. The summed E-state index contributed by atoms with van der Waals surface area (Å²) in [7, 11) is 0. The van der Waals surface area contributed by atoms with Crippen LogP contribution in [0.25, 0.3) is 0 Å². The molecule has 0 radical (unpaired) electrons. The molecule has 4 N–H and O–H groups in total. The molecule has 10 heteroatoms. The largest absolute Gasteiger partial charge is 0.361 e. The number of rotatable bonds is 10. The fourth-order valence-corrected chi connectivity index (χ4v) is 2.85. The van der Waals surface area contributed by atoms with E-state index in [2.05, 4.69) is 15.8 Å². The van der Waals surface area contributed by atoms with Crippen molar-refractivity contribution in [1.29, 1.82) is 0 Å². The number of thiocarbonyl (C=S) groups is 1. The van der Waals surface area contributed by atoms with Gasteiger partial charge in [-0.1, -0.05) is 48.9 Å². The van der Waals surface area contributed by atoms with Gasteiger partial charge in [0.2, 0.25) is 5.91 Å². The van der Waals surface area contributed by atoms with Gasteiger partial charge >= 0.3 is 0 Å². The van der Waals surface area contributed by atoms with E-state index < -0.39 is 10.8 Å². The van der Waals surface area contributed by atoms with Crippen molar-refractivity contribution >= 4 is 34.6 Å². The Bertz CT molecular complexity index is 905. The summed E-state index contributed by atoms with van der Waals surface area (Å²) in [6.45, 7) is 0.578. The SMILES string of the molecule is O=C(CCCCCNC(=S)N/N=C(\c1ccccc1)c1ccccc1[N+](=O)[O-])NO. The predicted molar refractivity (Wildman–Crippen MR) is 117 cm³/mol. The number of nitro benzene ring substituents is 1. The van der Waals surface area contributed by atoms with Crippen molar-refractivity contribution in [2.24, 2.45) is 5.10 Å². The topological polar surface area (TPSA) is 129 Å². The second-order valence-corrected chi connectivity index (χ2v) is 6.72. The van der Waals surface area contributed by atoms with E-state index in [0.29, 0.717) is 29.8 Å². The zero-order valence-electron chi connectivity index (χ0n) is 16.2. The molecule has 0 saturated heterocycles. The van der Waals surface area contributed by atoms with Gasteiger partial charge in [0.15, 0.2) is 5.11 Å². The molecule has 0 aliphatic rings. The molecule has 0 saturated carbocycles. The Hall–Kier alpha value is -3.37. The van der Waals surface area contributed by atoms with E-state index in [9.17, 15) is 14.9 Å². The van der Waals surface area contributed by atoms with Crippen LogP contribution in [0, 0.1) is 10.1 Å². The van der Waals surface area contributed by atoms with Crippen LogP contribution < -0.4 is 16.2 Å². The van der Waals surface area contributed by atoms with E-state index in [1.165, 1.54) is 6.07 Å². The Balaban J connectivity index is 2.02. The second-order valence-electron chi connectivity index (χ2n) is 6.31. The van der Waals surface area contributed by atoms with Crippen LogP contribution in [0.3, 0.4) is 0 Å². The highest BCUT2D eigenvalue weighted by atomic mass is 32.1. The number of nitrogens with zero attached hydrogens (tertiary/aromatic N) is 2. The van der Waals surface area contributed by atoms with Crippen molar-refractivity contribution in [3.05, 3.63) is 75.8 Å². The lowest BCUT2D eigenvalue weighted by Gasteiger charge is -2.11. The molecule has 30 heavy (non-hydrogen) atoms. The van der Waals surface area contributed by atoms with Crippen LogP contribution in [0.5, 0.6) is 0 Å². The number of carbonyl (C=O) groups excluding carboxylic acids is 1. The normalized spacial score (nSPS) is 10.9. The van der Waals surface area contributed by atoms with E-state index >= 15 is 0 Å². The van der Waals surface area contributed by atoms with Crippen molar-refractivity contribution in [3.63, 3.8) is 0 Å². The van der Waals surface area contributed by atoms with Crippen molar-refractivity contribution < 1.29 is 14.9 Å². The lowest BCUT2D eigenvalue weighted by atomic mass is 10.0. The third-order valence-corrected chi connectivity index (χ3v) is 4.40. The van der Waals surface area contributed by atoms with Crippen LogP contribution in [-0.4, -0.2) is 33.4 Å². The summed E-state index contributed by atoms with van der Waals surface area (Å²) in [5, 5.41) is 27.5. The Morgan fingerprint density at radius 1 is 1.07 bits per heavy atom. The van der Waals surface area contributed by atoms with E-state index in [-0.39, 0.29) is 17.2 Å². The molecule has 0 bridgehead atoms. The smallest absolute Gasteiger partial charge is 0.278 e. The maximum Gasteiger partial charge on any atom is 0.278 e. The van der Waals surface area contributed by atoms with Crippen molar-refractivity contribution in [2.75, 3.05) is 6.54 Å². The standard InChI is InChI=1S/C20H23N5O4S/c26-18(24-27)13-5-2-8-14-21-20(30)23-22-19(15-9-3-1-4-10-15)16-11-6-7-12-17(16)25(28)29/h1,3-4,6-7,9-12,27H,2,5,8,13-14H2,(H,24,26)(H2,21,23,30)/b22-19+. The lowest BCUT2D eigenvalue weighted by Crippen LogP contribution is -2.33. The summed E-state index contributed by atoms with van der Waals surface area (Å²) in [6, 6.07) is 15.5. The zero-order valence-corrected chi connectivity index (χ0v) is 17.0. The number of para-hydroxylation sites is 1. The molecular formula is C20H23N5O4S. The van der Waals surface area contributed by atoms with Crippen LogP contribution in [0.15, 0.2) is 59.7 Å². The van der Waals surface area contributed by atoms with Gasteiger partial charge in [0, 0.05) is 24.6 Å². The van der Waals surface area contributed by atoms with Gasteiger partial charge < -0.3 is 5.32 Å². The summed E-state index contributed by atoms with van der Waals surface area (Å²) in [5.41, 5.74) is 5.80. The van der Waals surface area contributed by atoms with Crippen molar-refractivity contribution in [1.82, 2.24) is 16.2 Å². The highest BCUT2D eigenvalue weighted by Gasteiger charge is 2.19. The summed E-state index contributed by atoms with van der Waals surface area (Å²) < 4.78 is 0. The van der Waals surface area contributed by atoms with Crippen LogP contribution in [0.1, 0.15) is 36.8 Å². The minimum absolute atomic E-state index is 0.0484. The quantitative estimate of drug-likeness (QED) is 0.114. The average molecular weight is 430 g/mol.